The molecule has 0 radical (unpaired) electrons. The fourth-order valence-corrected chi connectivity index (χ4v) is 3.36. The van der Waals surface area contributed by atoms with E-state index < -0.39 is 0 Å². The fraction of sp³-hybridized carbons (Fsp3) is 0.440. The number of amidine groups is 1. The molecule has 0 aliphatic rings. The highest BCUT2D eigenvalue weighted by Gasteiger charge is 2.19. The van der Waals surface area contributed by atoms with Gasteiger partial charge in [-0.3, -0.25) is 10.2 Å². The summed E-state index contributed by atoms with van der Waals surface area (Å²) in [6, 6.07) is 14.4. The number of pyridine rings is 1. The first-order valence-electron chi connectivity index (χ1n) is 11.5. The molecule has 0 bridgehead atoms. The van der Waals surface area contributed by atoms with Crippen molar-refractivity contribution < 1.29 is 14.4 Å². The number of ether oxygens (including phenoxy) is 1. The lowest BCUT2D eigenvalue weighted by atomic mass is 9.88. The Balaban J connectivity index is 2.01. The van der Waals surface area contributed by atoms with Crippen molar-refractivity contribution >= 4 is 23.3 Å². The quantitative estimate of drug-likeness (QED) is 0.162. The van der Waals surface area contributed by atoms with E-state index in [4.69, 9.17) is 20.5 Å². The van der Waals surface area contributed by atoms with Crippen LogP contribution in [0.25, 0.3) is 0 Å². The fourth-order valence-electron chi connectivity index (χ4n) is 3.36. The first-order chi connectivity index (χ1) is 16.7. The van der Waals surface area contributed by atoms with Gasteiger partial charge >= 0.3 is 0 Å². The van der Waals surface area contributed by atoms with Crippen molar-refractivity contribution in [1.82, 2.24) is 9.99 Å². The summed E-state index contributed by atoms with van der Waals surface area (Å²) < 4.78 is 5.33. The van der Waals surface area contributed by atoms with Crippen molar-refractivity contribution in [1.29, 1.82) is 10.9 Å². The zero-order valence-electron chi connectivity index (χ0n) is 21.0. The van der Waals surface area contributed by atoms with Crippen LogP contribution in [0.15, 0.2) is 58.9 Å². The molecule has 1 amide bonds. The van der Waals surface area contributed by atoms with E-state index in [0.717, 1.165) is 11.4 Å². The second-order valence-electron chi connectivity index (χ2n) is 8.55. The van der Waals surface area contributed by atoms with Crippen molar-refractivity contribution in [3.05, 3.63) is 59.8 Å². The molecule has 0 saturated heterocycles. The summed E-state index contributed by atoms with van der Waals surface area (Å²) in [5.41, 5.74) is 8.62. The predicted molar refractivity (Wildman–Crippen MR) is 135 cm³/mol. The van der Waals surface area contributed by atoms with Gasteiger partial charge in [-0.15, -0.1) is 0 Å². The number of nitrogens with zero attached hydrogens (tertiary/aromatic N) is 4. The van der Waals surface area contributed by atoms with Crippen LogP contribution in [-0.4, -0.2) is 47.7 Å². The van der Waals surface area contributed by atoms with Crippen molar-refractivity contribution in [3.8, 4) is 0 Å². The molecular weight excluding hydrogens is 446 g/mol. The van der Waals surface area contributed by atoms with Gasteiger partial charge in [0.25, 0.3) is 0 Å². The van der Waals surface area contributed by atoms with E-state index >= 15 is 0 Å². The molecule has 1 heterocycles. The van der Waals surface area contributed by atoms with Gasteiger partial charge < -0.3 is 14.9 Å². The summed E-state index contributed by atoms with van der Waals surface area (Å²) in [5.74, 6) is 0.812. The van der Waals surface area contributed by atoms with Crippen LogP contribution in [0.1, 0.15) is 44.9 Å². The lowest BCUT2D eigenvalue weighted by Gasteiger charge is -2.22. The van der Waals surface area contributed by atoms with Crippen molar-refractivity contribution in [2.75, 3.05) is 19.5 Å². The van der Waals surface area contributed by atoms with E-state index in [1.165, 1.54) is 7.05 Å². The topological polar surface area (TPSA) is 136 Å². The number of anilines is 1. The Labute approximate surface area is 206 Å². The van der Waals surface area contributed by atoms with E-state index in [1.54, 1.807) is 37.4 Å². The molecule has 10 nitrogen and oxygen atoms in total. The number of amides is 1. The summed E-state index contributed by atoms with van der Waals surface area (Å²) in [4.78, 5) is 22.5. The van der Waals surface area contributed by atoms with Gasteiger partial charge in [-0.2, -0.15) is 5.53 Å². The molecule has 3 unspecified atom stereocenters. The summed E-state index contributed by atoms with van der Waals surface area (Å²) in [7, 11) is 3.18. The van der Waals surface area contributed by atoms with Gasteiger partial charge in [0.05, 0.1) is 11.8 Å². The molecule has 3 atom stereocenters. The second-order valence-corrected chi connectivity index (χ2v) is 8.55. The molecular formula is C25H35N7O3. The Morgan fingerprint density at radius 1 is 1.11 bits per heavy atom. The van der Waals surface area contributed by atoms with Gasteiger partial charge in [0.2, 0.25) is 5.91 Å². The third kappa shape index (κ3) is 8.90. The van der Waals surface area contributed by atoms with Crippen LogP contribution < -0.4 is 5.32 Å². The molecule has 1 aromatic heterocycles. The molecule has 188 valence electrons. The molecule has 0 aliphatic carbocycles. The molecule has 35 heavy (non-hydrogen) atoms. The number of hydrogen-bond donors (Lipinski definition) is 3. The summed E-state index contributed by atoms with van der Waals surface area (Å²) in [6.07, 6.45) is 1.44. The van der Waals surface area contributed by atoms with Gasteiger partial charge in [0.15, 0.2) is 18.2 Å². The molecule has 0 aliphatic heterocycles. The second kappa shape index (κ2) is 13.9. The van der Waals surface area contributed by atoms with E-state index in [-0.39, 0.29) is 36.1 Å². The highest BCUT2D eigenvalue weighted by Crippen LogP contribution is 2.21. The number of nitrogens with one attached hydrogen (secondary N) is 3. The van der Waals surface area contributed by atoms with E-state index in [0.29, 0.717) is 29.4 Å². The molecule has 2 rings (SSSR count). The van der Waals surface area contributed by atoms with Gasteiger partial charge in [-0.25, -0.2) is 9.99 Å². The maximum Gasteiger partial charge on any atom is 0.225 e. The molecule has 3 N–H and O–H groups in total. The third-order valence-electron chi connectivity index (χ3n) is 5.77. The lowest BCUT2D eigenvalue weighted by molar-refractivity contribution is -0.117. The zero-order valence-corrected chi connectivity index (χ0v) is 21.0. The highest BCUT2D eigenvalue weighted by atomic mass is 16.6. The normalized spacial score (nSPS) is 13.9. The number of aromatic nitrogens is 1. The number of rotatable bonds is 13. The summed E-state index contributed by atoms with van der Waals surface area (Å²) in [6.45, 7) is 6.26. The van der Waals surface area contributed by atoms with Crippen LogP contribution in [0, 0.1) is 22.8 Å². The Bertz CT molecular complexity index is 1010. The molecule has 1 aromatic carbocycles. The smallest absolute Gasteiger partial charge is 0.225 e. The van der Waals surface area contributed by atoms with Crippen LogP contribution in [0.3, 0.4) is 0 Å². The minimum atomic E-state index is -0.0972. The number of likely N-dealkylation sites (N-methyl/N-ethyl adjacent to an activating group) is 1. The monoisotopic (exact) mass is 481 g/mol. The Morgan fingerprint density at radius 3 is 2.49 bits per heavy atom. The SMILES string of the molecule is COC(C)CC(C)C(C)CC(=O)Nc1cccc(CON=C(C(=N)N(C)N=N)c2ccccc2)n1. The summed E-state index contributed by atoms with van der Waals surface area (Å²) >= 11 is 0. The average molecular weight is 482 g/mol. The Kier molecular flexibility index (Phi) is 11.0. The Hall–Kier alpha value is -3.66. The lowest BCUT2D eigenvalue weighted by Crippen LogP contribution is -2.29. The number of carbonyl (C=O) groups excluding carboxylic acids is 1. The zero-order chi connectivity index (χ0) is 25.8. The van der Waals surface area contributed by atoms with Gasteiger partial charge in [0.1, 0.15) is 5.82 Å². The van der Waals surface area contributed by atoms with Gasteiger partial charge in [-0.1, -0.05) is 60.6 Å². The first kappa shape index (κ1) is 27.6. The van der Waals surface area contributed by atoms with E-state index in [9.17, 15) is 4.79 Å². The van der Waals surface area contributed by atoms with Crippen molar-refractivity contribution in [3.63, 3.8) is 0 Å². The number of methoxy groups -OCH3 is 1. The highest BCUT2D eigenvalue weighted by molar-refractivity contribution is 6.46. The van der Waals surface area contributed by atoms with E-state index in [2.05, 4.69) is 34.5 Å². The van der Waals surface area contributed by atoms with Gasteiger partial charge in [0, 0.05) is 26.1 Å². The maximum atomic E-state index is 12.5. The average Bonchev–Trinajstić information content (AvgIpc) is 2.86. The van der Waals surface area contributed by atoms with Crippen LogP contribution in [0.5, 0.6) is 0 Å². The van der Waals surface area contributed by atoms with Crippen molar-refractivity contribution in [2.24, 2.45) is 22.2 Å². The minimum absolute atomic E-state index is 0.0391. The minimum Gasteiger partial charge on any atom is -0.389 e. The Morgan fingerprint density at radius 2 is 1.83 bits per heavy atom. The number of benzene rings is 1. The predicted octanol–water partition coefficient (Wildman–Crippen LogP) is 4.88. The molecule has 10 heteroatoms. The third-order valence-corrected chi connectivity index (χ3v) is 5.77. The van der Waals surface area contributed by atoms with E-state index in [1.807, 2.05) is 25.1 Å². The molecule has 2 aromatic rings. The van der Waals surface area contributed by atoms with Crippen LogP contribution in [-0.2, 0) is 21.0 Å². The van der Waals surface area contributed by atoms with Crippen LogP contribution >= 0.6 is 0 Å². The standard InChI is InChI=1S/C25H35N7O3/c1-17(14-19(3)34-5)18(2)15-23(33)29-22-13-9-12-21(28-22)16-35-30-24(25(26)32(4)31-27)20-10-7-6-8-11-20/h6-13,17-19,26-27H,14-16H2,1-5H3,(H,28,29,33). The number of carbonyl (C=O) groups is 1. The maximum absolute atomic E-state index is 12.5. The largest absolute Gasteiger partial charge is 0.389 e. The van der Waals surface area contributed by atoms with Gasteiger partial charge in [-0.05, 0) is 37.3 Å². The molecule has 0 saturated carbocycles. The van der Waals surface area contributed by atoms with Crippen molar-refractivity contribution in [2.45, 2.75) is 46.3 Å². The van der Waals surface area contributed by atoms with Crippen LogP contribution in [0.4, 0.5) is 5.82 Å². The van der Waals surface area contributed by atoms with Crippen LogP contribution in [0.2, 0.25) is 0 Å². The summed E-state index contributed by atoms with van der Waals surface area (Å²) in [5, 5.41) is 19.5. The number of oxime groups is 1. The first-order valence-corrected chi connectivity index (χ1v) is 11.5. The molecule has 0 fully saturated rings. The molecule has 0 spiro atoms. The number of hydrogen-bond acceptors (Lipinski definition) is 8.